The van der Waals surface area contributed by atoms with Crippen LogP contribution in [0.1, 0.15) is 0 Å². The van der Waals surface area contributed by atoms with Crippen molar-refractivity contribution in [3.8, 4) is 27.9 Å². The molecule has 0 saturated carbocycles. The molecule has 0 spiro atoms. The van der Waals surface area contributed by atoms with Crippen molar-refractivity contribution >= 4 is 93.1 Å². The van der Waals surface area contributed by atoms with Crippen LogP contribution in [0.15, 0.2) is 235 Å². The molecule has 0 saturated heterocycles. The number of fused-ring (bicyclic) bond motifs is 11. The molecule has 0 amide bonds. The maximum atomic E-state index is 6.98. The first-order valence-corrected chi connectivity index (χ1v) is 21.6. The third-order valence-electron chi connectivity index (χ3n) is 13.0. The Hall–Kier alpha value is -8.40. The summed E-state index contributed by atoms with van der Waals surface area (Å²) in [4.78, 5) is 2.44. The van der Waals surface area contributed by atoms with Gasteiger partial charge in [-0.3, -0.25) is 0 Å². The molecule has 13 rings (SSSR count). The number of nitrogens with zero attached hydrogens (tertiary/aromatic N) is 2. The highest BCUT2D eigenvalue weighted by atomic mass is 16.3. The maximum absolute atomic E-state index is 6.98. The second-order valence-corrected chi connectivity index (χ2v) is 16.4. The molecule has 0 aliphatic rings. The van der Waals surface area contributed by atoms with E-state index in [4.69, 9.17) is 4.42 Å². The molecule has 3 heteroatoms. The fourth-order valence-electron chi connectivity index (χ4n) is 10.2. The minimum atomic E-state index is 0.880. The Labute approximate surface area is 363 Å². The standard InChI is InChI=1S/C60H38N2O/c1-4-19-44-39(16-1)34-37-52-51-26-15-25-50(60(51)63-59(44)52)49-24-9-10-27-54(49)61(57-30-13-14-31-58(57)62-55-28-11-7-22-47(55)48-23-8-12-29-56(48)62)42-35-32-40(33-36-42)53-38-41-17-2-3-18-43(41)45-20-5-6-21-46(45)53/h1-38H. The van der Waals surface area contributed by atoms with Crippen LogP contribution in [0.5, 0.6) is 0 Å². The molecule has 0 fully saturated rings. The third-order valence-corrected chi connectivity index (χ3v) is 13.0. The van der Waals surface area contributed by atoms with Crippen molar-refractivity contribution < 1.29 is 4.42 Å². The molecule has 0 N–H and O–H groups in total. The Bertz CT molecular complexity index is 3870. The molecule has 0 aliphatic heterocycles. The lowest BCUT2D eigenvalue weighted by atomic mass is 9.93. The lowest BCUT2D eigenvalue weighted by Crippen LogP contribution is -2.14. The second kappa shape index (κ2) is 14.1. The lowest BCUT2D eigenvalue weighted by Gasteiger charge is -2.30. The maximum Gasteiger partial charge on any atom is 0.143 e. The number of furan rings is 1. The van der Waals surface area contributed by atoms with E-state index in [0.717, 1.165) is 72.2 Å². The fourth-order valence-corrected chi connectivity index (χ4v) is 10.2. The number of anilines is 3. The van der Waals surface area contributed by atoms with Crippen LogP contribution in [0.4, 0.5) is 17.1 Å². The zero-order valence-corrected chi connectivity index (χ0v) is 34.2. The number of aromatic nitrogens is 1. The summed E-state index contributed by atoms with van der Waals surface area (Å²) in [5.41, 5.74) is 12.9. The lowest BCUT2D eigenvalue weighted by molar-refractivity contribution is 0.674. The van der Waals surface area contributed by atoms with Crippen molar-refractivity contribution in [3.63, 3.8) is 0 Å². The summed E-state index contributed by atoms with van der Waals surface area (Å²) < 4.78 is 9.41. The van der Waals surface area contributed by atoms with Gasteiger partial charge in [-0.1, -0.05) is 176 Å². The van der Waals surface area contributed by atoms with E-state index in [9.17, 15) is 0 Å². The molecule has 2 aromatic heterocycles. The Kier molecular flexibility index (Phi) is 7.91. The number of hydrogen-bond donors (Lipinski definition) is 0. The fraction of sp³-hybridized carbons (Fsp3) is 0. The summed E-state index contributed by atoms with van der Waals surface area (Å²) in [6, 6.07) is 83.5. The van der Waals surface area contributed by atoms with E-state index < -0.39 is 0 Å². The van der Waals surface area contributed by atoms with Gasteiger partial charge in [0.1, 0.15) is 11.2 Å². The Morgan fingerprint density at radius 1 is 0.317 bits per heavy atom. The van der Waals surface area contributed by atoms with Gasteiger partial charge in [0.15, 0.2) is 0 Å². The molecule has 294 valence electrons. The van der Waals surface area contributed by atoms with E-state index in [-0.39, 0.29) is 0 Å². The minimum Gasteiger partial charge on any atom is -0.455 e. The summed E-state index contributed by atoms with van der Waals surface area (Å²) in [5.74, 6) is 0. The van der Waals surface area contributed by atoms with Crippen LogP contribution in [-0.2, 0) is 0 Å². The number of benzene rings is 11. The van der Waals surface area contributed by atoms with Crippen molar-refractivity contribution in [2.75, 3.05) is 4.90 Å². The van der Waals surface area contributed by atoms with Crippen molar-refractivity contribution in [2.24, 2.45) is 0 Å². The Morgan fingerprint density at radius 2 is 0.873 bits per heavy atom. The summed E-state index contributed by atoms with van der Waals surface area (Å²) in [7, 11) is 0. The van der Waals surface area contributed by atoms with Crippen LogP contribution in [0, 0.1) is 0 Å². The highest BCUT2D eigenvalue weighted by Crippen LogP contribution is 2.48. The first-order chi connectivity index (χ1) is 31.3. The van der Waals surface area contributed by atoms with Crippen LogP contribution in [0.2, 0.25) is 0 Å². The van der Waals surface area contributed by atoms with Crippen molar-refractivity contribution in [2.45, 2.75) is 0 Å². The van der Waals surface area contributed by atoms with Crippen LogP contribution >= 0.6 is 0 Å². The van der Waals surface area contributed by atoms with E-state index in [2.05, 4.69) is 240 Å². The van der Waals surface area contributed by atoms with Gasteiger partial charge in [-0.25, -0.2) is 0 Å². The number of para-hydroxylation sites is 6. The van der Waals surface area contributed by atoms with Gasteiger partial charge in [0.2, 0.25) is 0 Å². The molecule has 11 aromatic carbocycles. The van der Waals surface area contributed by atoms with E-state index in [1.807, 2.05) is 0 Å². The van der Waals surface area contributed by atoms with Gasteiger partial charge in [-0.2, -0.15) is 0 Å². The SMILES string of the molecule is c1ccc(N(c2ccc(-c3cc4ccccc4c4ccccc34)cc2)c2ccccc2-n2c3ccccc3c3ccccc32)c(-c2cccc3c2oc2c4ccccc4ccc32)c1. The molecule has 0 aliphatic carbocycles. The molecular formula is C60H38N2O. The minimum absolute atomic E-state index is 0.880. The second-order valence-electron chi connectivity index (χ2n) is 16.4. The van der Waals surface area contributed by atoms with Gasteiger partial charge in [-0.05, 0) is 92.7 Å². The van der Waals surface area contributed by atoms with E-state index in [1.165, 1.54) is 48.8 Å². The van der Waals surface area contributed by atoms with Crippen LogP contribution in [0.3, 0.4) is 0 Å². The summed E-state index contributed by atoms with van der Waals surface area (Å²) in [5, 5.41) is 12.0. The molecule has 13 aromatic rings. The van der Waals surface area contributed by atoms with Crippen molar-refractivity contribution in [1.29, 1.82) is 0 Å². The molecule has 0 bridgehead atoms. The smallest absolute Gasteiger partial charge is 0.143 e. The zero-order chi connectivity index (χ0) is 41.4. The van der Waals surface area contributed by atoms with Crippen molar-refractivity contribution in [1.82, 2.24) is 4.57 Å². The first kappa shape index (κ1) is 35.4. The largest absolute Gasteiger partial charge is 0.455 e. The molecule has 0 atom stereocenters. The number of hydrogen-bond acceptors (Lipinski definition) is 2. The monoisotopic (exact) mass is 802 g/mol. The predicted octanol–water partition coefficient (Wildman–Crippen LogP) is 16.9. The zero-order valence-electron chi connectivity index (χ0n) is 34.2. The molecule has 0 unspecified atom stereocenters. The average molecular weight is 803 g/mol. The average Bonchev–Trinajstić information content (AvgIpc) is 3.91. The molecular weight excluding hydrogens is 765 g/mol. The van der Waals surface area contributed by atoms with Gasteiger partial charge in [0.05, 0.1) is 28.1 Å². The normalized spacial score (nSPS) is 11.8. The van der Waals surface area contributed by atoms with Crippen LogP contribution in [-0.4, -0.2) is 4.57 Å². The topological polar surface area (TPSA) is 21.3 Å². The van der Waals surface area contributed by atoms with E-state index in [0.29, 0.717) is 0 Å². The van der Waals surface area contributed by atoms with Crippen LogP contribution in [0.25, 0.3) is 104 Å². The summed E-state index contributed by atoms with van der Waals surface area (Å²) in [6.45, 7) is 0. The highest BCUT2D eigenvalue weighted by Gasteiger charge is 2.24. The molecule has 0 radical (unpaired) electrons. The van der Waals surface area contributed by atoms with Crippen LogP contribution < -0.4 is 4.90 Å². The Balaban J connectivity index is 1.06. The van der Waals surface area contributed by atoms with E-state index >= 15 is 0 Å². The molecule has 2 heterocycles. The predicted molar refractivity (Wildman–Crippen MR) is 266 cm³/mol. The summed E-state index contributed by atoms with van der Waals surface area (Å²) >= 11 is 0. The molecule has 63 heavy (non-hydrogen) atoms. The molecule has 3 nitrogen and oxygen atoms in total. The quantitative estimate of drug-likeness (QED) is 0.156. The van der Waals surface area contributed by atoms with E-state index in [1.54, 1.807) is 0 Å². The van der Waals surface area contributed by atoms with Gasteiger partial charge >= 0.3 is 0 Å². The van der Waals surface area contributed by atoms with Gasteiger partial charge in [-0.15, -0.1) is 0 Å². The summed E-state index contributed by atoms with van der Waals surface area (Å²) in [6.07, 6.45) is 0. The van der Waals surface area contributed by atoms with Gasteiger partial charge in [0.25, 0.3) is 0 Å². The highest BCUT2D eigenvalue weighted by molar-refractivity contribution is 6.18. The third kappa shape index (κ3) is 5.46. The first-order valence-electron chi connectivity index (χ1n) is 21.6. The Morgan fingerprint density at radius 3 is 1.65 bits per heavy atom. The van der Waals surface area contributed by atoms with Crippen molar-refractivity contribution in [3.05, 3.63) is 231 Å². The number of rotatable bonds is 6. The van der Waals surface area contributed by atoms with Gasteiger partial charge < -0.3 is 13.9 Å². The van der Waals surface area contributed by atoms with Gasteiger partial charge in [0, 0.05) is 43.7 Å².